The van der Waals surface area contributed by atoms with E-state index in [4.69, 9.17) is 11.6 Å². The number of aliphatic hydroxyl groups excluding tert-OH is 2. The quantitative estimate of drug-likeness (QED) is 0.0485. The Bertz CT molecular complexity index is 2460. The topological polar surface area (TPSA) is 120 Å². The van der Waals surface area contributed by atoms with Crippen molar-refractivity contribution in [3.63, 3.8) is 0 Å². The Morgan fingerprint density at radius 2 is 1.01 bits per heavy atom. The number of halogens is 5. The molecule has 0 saturated carbocycles. The van der Waals surface area contributed by atoms with Crippen molar-refractivity contribution in [1.29, 1.82) is 0 Å². The number of nitrogens with one attached hydrogen (secondary N) is 3. The molecule has 0 aromatic heterocycles. The highest BCUT2D eigenvalue weighted by atomic mass is 35.5. The summed E-state index contributed by atoms with van der Waals surface area (Å²) in [7, 11) is 0. The molecule has 4 unspecified atom stereocenters. The van der Waals surface area contributed by atoms with Gasteiger partial charge in [0.25, 0.3) is 0 Å². The van der Waals surface area contributed by atoms with Gasteiger partial charge in [-0.25, -0.2) is 22.4 Å². The number of hydrogen-bond donors (Lipinski definition) is 5. The number of urea groups is 1. The minimum atomic E-state index is -0.697. The summed E-state index contributed by atoms with van der Waals surface area (Å²) in [6.07, 6.45) is 10.9. The fraction of sp³-hybridized carbons (Fsp3) is 0.581. The summed E-state index contributed by atoms with van der Waals surface area (Å²) in [6, 6.07) is 24.4. The van der Waals surface area contributed by atoms with Gasteiger partial charge in [-0.1, -0.05) is 90.1 Å². The summed E-state index contributed by atoms with van der Waals surface area (Å²) in [4.78, 5) is 29.6. The number of carbonyl (C=O) groups excluding carboxylic acids is 2. The van der Waals surface area contributed by atoms with Crippen molar-refractivity contribution in [2.24, 2.45) is 0 Å². The van der Waals surface area contributed by atoms with Crippen LogP contribution in [0.25, 0.3) is 0 Å². The summed E-state index contributed by atoms with van der Waals surface area (Å²) in [6.45, 7) is 20.4. The first-order valence-electron chi connectivity index (χ1n) is 28.2. The van der Waals surface area contributed by atoms with Crippen molar-refractivity contribution in [3.05, 3.63) is 142 Å². The van der Waals surface area contributed by atoms with E-state index in [0.29, 0.717) is 56.4 Å². The van der Waals surface area contributed by atoms with Gasteiger partial charge in [0.15, 0.2) is 0 Å². The standard InChI is InChI=1S/C31H43F2N3O2.C25H34F2N2O.C6H10ClNO/c1-30(2,3)24-9-7-10-25(19-24)31(13-8-16-36(22-31)29(38)35-14-5-4-6-15-35)34-21-28(37)12-11-23-17-26(32)20-27(33)18-23;1-24(2,3)19-6-4-7-20(14-19)25(10-5-11-28-17-25)29-16-23(30)9-8-18-12-21(26)15-22(27)13-18;7-6(9)8-4-2-1-3-5-8/h7,9-10,17-20,28,34,37H,4-6,8,11-16,21-22H2,1-3H3;4,6-7,12-15,23,28-30H,5,8-11,16-17H2,1-3H3;1-5H2. The van der Waals surface area contributed by atoms with Crippen LogP contribution >= 0.6 is 11.6 Å². The Hall–Kier alpha value is -4.57. The number of nitrogens with zero attached hydrogens (tertiary/aromatic N) is 3. The van der Waals surface area contributed by atoms with Crippen molar-refractivity contribution in [1.82, 2.24) is 30.7 Å². The number of carbonyl (C=O) groups is 2. The monoisotopic (exact) mass is 1090 g/mol. The van der Waals surface area contributed by atoms with E-state index >= 15 is 0 Å². The van der Waals surface area contributed by atoms with Crippen molar-refractivity contribution < 1.29 is 37.4 Å². The summed E-state index contributed by atoms with van der Waals surface area (Å²) in [5.74, 6) is -2.37. The molecule has 4 aromatic carbocycles. The summed E-state index contributed by atoms with van der Waals surface area (Å²) >= 11 is 5.24. The molecule has 4 fully saturated rings. The molecule has 0 bridgehead atoms. The normalized spacial score (nSPS) is 21.0. The van der Waals surface area contributed by atoms with Gasteiger partial charge < -0.3 is 40.9 Å². The molecule has 3 amide bonds. The summed E-state index contributed by atoms with van der Waals surface area (Å²) < 4.78 is 53.9. The first kappa shape index (κ1) is 61.6. The Morgan fingerprint density at radius 3 is 1.44 bits per heavy atom. The molecule has 4 saturated heterocycles. The number of aliphatic hydroxyl groups is 2. The van der Waals surface area contributed by atoms with Gasteiger partial charge in [-0.3, -0.25) is 4.79 Å². The van der Waals surface area contributed by atoms with Crippen molar-refractivity contribution in [2.75, 3.05) is 65.4 Å². The minimum Gasteiger partial charge on any atom is -0.392 e. The zero-order chi connectivity index (χ0) is 55.8. The van der Waals surface area contributed by atoms with Crippen LogP contribution < -0.4 is 16.0 Å². The number of benzene rings is 4. The predicted octanol–water partition coefficient (Wildman–Crippen LogP) is 12.0. The van der Waals surface area contributed by atoms with Crippen LogP contribution in [0.15, 0.2) is 84.9 Å². The second-order valence-corrected chi connectivity index (χ2v) is 24.3. The highest BCUT2D eigenvalue weighted by molar-refractivity contribution is 6.62. The molecule has 15 heteroatoms. The molecule has 0 radical (unpaired) electrons. The minimum absolute atomic E-state index is 0.0189. The van der Waals surface area contributed by atoms with E-state index in [1.165, 1.54) is 53.8 Å². The lowest BCUT2D eigenvalue weighted by molar-refractivity contribution is 0.0857. The smallest absolute Gasteiger partial charge is 0.320 e. The van der Waals surface area contributed by atoms with Crippen LogP contribution in [0.3, 0.4) is 0 Å². The van der Waals surface area contributed by atoms with Gasteiger partial charge in [0.2, 0.25) is 0 Å². The van der Waals surface area contributed by atoms with Crippen LogP contribution in [0.5, 0.6) is 0 Å². The first-order chi connectivity index (χ1) is 36.5. The molecule has 0 spiro atoms. The van der Waals surface area contributed by atoms with Gasteiger partial charge in [0.05, 0.1) is 23.3 Å². The molecule has 4 aliphatic rings. The lowest BCUT2D eigenvalue weighted by Crippen LogP contribution is -2.59. The van der Waals surface area contributed by atoms with Crippen LogP contribution in [-0.2, 0) is 34.7 Å². The number of amides is 3. The second kappa shape index (κ2) is 28.5. The molecular weight excluding hydrogens is 1000 g/mol. The van der Waals surface area contributed by atoms with E-state index in [-0.39, 0.29) is 27.8 Å². The van der Waals surface area contributed by atoms with Crippen LogP contribution in [0.1, 0.15) is 152 Å². The zero-order valence-corrected chi connectivity index (χ0v) is 47.4. The molecule has 10 nitrogen and oxygen atoms in total. The third kappa shape index (κ3) is 18.8. The van der Waals surface area contributed by atoms with E-state index in [2.05, 4.69) is 106 Å². The van der Waals surface area contributed by atoms with Crippen LogP contribution in [0.4, 0.5) is 27.2 Å². The largest absolute Gasteiger partial charge is 0.392 e. The molecule has 4 aliphatic heterocycles. The van der Waals surface area contributed by atoms with Crippen LogP contribution in [0, 0.1) is 23.3 Å². The number of hydrogen-bond acceptors (Lipinski definition) is 7. The van der Waals surface area contributed by atoms with Crippen molar-refractivity contribution in [2.45, 2.75) is 166 Å². The maximum atomic E-state index is 13.6. The average molecular weight is 1090 g/mol. The molecule has 4 heterocycles. The molecule has 5 N–H and O–H groups in total. The maximum absolute atomic E-state index is 13.6. The van der Waals surface area contributed by atoms with Gasteiger partial charge in [-0.15, -0.1) is 0 Å². The van der Waals surface area contributed by atoms with Crippen LogP contribution in [0.2, 0.25) is 0 Å². The van der Waals surface area contributed by atoms with Gasteiger partial charge in [0.1, 0.15) is 23.3 Å². The van der Waals surface area contributed by atoms with Gasteiger partial charge >= 0.3 is 11.4 Å². The van der Waals surface area contributed by atoms with Gasteiger partial charge in [-0.2, -0.15) is 0 Å². The van der Waals surface area contributed by atoms with E-state index in [9.17, 15) is 37.4 Å². The lowest BCUT2D eigenvalue weighted by atomic mass is 9.78. The molecule has 77 heavy (non-hydrogen) atoms. The fourth-order valence-corrected chi connectivity index (χ4v) is 11.2. The zero-order valence-electron chi connectivity index (χ0n) is 46.7. The summed E-state index contributed by atoms with van der Waals surface area (Å²) in [5.41, 5.74) is 5.31. The average Bonchev–Trinajstić information content (AvgIpc) is 3.41. The van der Waals surface area contributed by atoms with E-state index in [1.807, 2.05) is 9.80 Å². The van der Waals surface area contributed by atoms with E-state index in [1.54, 1.807) is 4.90 Å². The first-order valence-corrected chi connectivity index (χ1v) is 28.6. The number of aryl methyl sites for hydroxylation is 2. The third-order valence-electron chi connectivity index (χ3n) is 15.7. The van der Waals surface area contributed by atoms with E-state index in [0.717, 1.165) is 115 Å². The van der Waals surface area contributed by atoms with E-state index < -0.39 is 41.0 Å². The molecule has 8 rings (SSSR count). The molecule has 4 aromatic rings. The van der Waals surface area contributed by atoms with Crippen molar-refractivity contribution in [3.8, 4) is 0 Å². The van der Waals surface area contributed by atoms with Crippen molar-refractivity contribution >= 4 is 23.0 Å². The third-order valence-corrected chi connectivity index (χ3v) is 15.9. The van der Waals surface area contributed by atoms with Gasteiger partial charge in [-0.05, 0) is 177 Å². The molecule has 0 aliphatic carbocycles. The molecular formula is C62H87ClF4N6O4. The SMILES string of the molecule is CC(C)(C)c1cccc(C2(NCC(O)CCc3cc(F)cc(F)c3)CCCN(C(=O)N3CCCCC3)C2)c1.CC(C)(C)c1cccc(C2(NCC(O)CCc3cc(F)cc(F)c3)CCCNC2)c1.O=C(Cl)N1CCCCC1. The second-order valence-electron chi connectivity index (χ2n) is 24.0. The Kier molecular flexibility index (Phi) is 22.8. The Balaban J connectivity index is 0.000000218. The number of likely N-dealkylation sites (tertiary alicyclic amines) is 3. The number of piperidine rings is 4. The fourth-order valence-electron chi connectivity index (χ4n) is 11.0. The summed E-state index contributed by atoms with van der Waals surface area (Å²) in [5, 5.41) is 31.9. The maximum Gasteiger partial charge on any atom is 0.320 e. The molecule has 424 valence electrons. The predicted molar refractivity (Wildman–Crippen MR) is 301 cm³/mol. The number of rotatable bonds is 14. The molecule has 4 atom stereocenters. The Labute approximate surface area is 461 Å². The Morgan fingerprint density at radius 1 is 0.584 bits per heavy atom. The van der Waals surface area contributed by atoms with Gasteiger partial charge in [0, 0.05) is 71.0 Å². The highest BCUT2D eigenvalue weighted by Gasteiger charge is 2.41. The lowest BCUT2D eigenvalue weighted by Gasteiger charge is -2.46. The highest BCUT2D eigenvalue weighted by Crippen LogP contribution is 2.36. The van der Waals surface area contributed by atoms with Crippen LogP contribution in [-0.4, -0.2) is 114 Å².